The largest absolute Gasteiger partial charge is 0.352 e. The van der Waals surface area contributed by atoms with Crippen molar-refractivity contribution in [2.45, 2.75) is 75.4 Å². The average Bonchev–Trinajstić information content (AvgIpc) is 3.10. The van der Waals surface area contributed by atoms with Crippen LogP contribution in [0.1, 0.15) is 55.7 Å². The summed E-state index contributed by atoms with van der Waals surface area (Å²) < 4.78 is 29.5. The lowest BCUT2D eigenvalue weighted by atomic mass is 9.94. The molecule has 2 amide bonds. The van der Waals surface area contributed by atoms with Crippen LogP contribution in [0, 0.1) is 0 Å². The predicted octanol–water partition coefficient (Wildman–Crippen LogP) is 7.19. The molecule has 1 aliphatic rings. The Morgan fingerprint density at radius 1 is 0.787 bits per heavy atom. The lowest BCUT2D eigenvalue weighted by molar-refractivity contribution is -0.140. The fourth-order valence-corrected chi connectivity index (χ4v) is 7.59. The van der Waals surface area contributed by atoms with Crippen molar-refractivity contribution in [1.29, 1.82) is 0 Å². The van der Waals surface area contributed by atoms with E-state index in [9.17, 15) is 18.0 Å². The highest BCUT2D eigenvalue weighted by molar-refractivity contribution is 7.92. The summed E-state index contributed by atoms with van der Waals surface area (Å²) in [5.41, 5.74) is 3.09. The summed E-state index contributed by atoms with van der Waals surface area (Å²) in [6.45, 7) is 1.63. The average molecular weight is 672 g/mol. The Labute approximate surface area is 283 Å². The molecule has 5 rings (SSSR count). The molecule has 0 aromatic heterocycles. The number of carbonyl (C=O) groups is 2. The minimum atomic E-state index is -4.14. The Morgan fingerprint density at radius 2 is 1.38 bits per heavy atom. The van der Waals surface area contributed by atoms with Crippen LogP contribution in [0.15, 0.2) is 114 Å². The van der Waals surface area contributed by atoms with Crippen LogP contribution >= 0.6 is 11.6 Å². The van der Waals surface area contributed by atoms with Gasteiger partial charge < -0.3 is 10.2 Å². The first-order chi connectivity index (χ1) is 22.7. The van der Waals surface area contributed by atoms with Gasteiger partial charge in [0.1, 0.15) is 12.6 Å². The van der Waals surface area contributed by atoms with Gasteiger partial charge in [-0.25, -0.2) is 8.42 Å². The molecule has 47 heavy (non-hydrogen) atoms. The number of nitrogens with one attached hydrogen (secondary N) is 1. The third-order valence-electron chi connectivity index (χ3n) is 8.73. The molecule has 0 radical (unpaired) electrons. The fourth-order valence-electron chi connectivity index (χ4n) is 6.03. The molecule has 0 saturated heterocycles. The summed E-state index contributed by atoms with van der Waals surface area (Å²) in [6, 6.07) is 31.2. The first-order valence-electron chi connectivity index (χ1n) is 16.3. The zero-order chi connectivity index (χ0) is 33.2. The molecule has 1 saturated carbocycles. The van der Waals surface area contributed by atoms with E-state index in [1.165, 1.54) is 17.0 Å². The van der Waals surface area contributed by atoms with Crippen LogP contribution in [0.25, 0.3) is 0 Å². The molecule has 246 valence electrons. The summed E-state index contributed by atoms with van der Waals surface area (Å²) >= 11 is 6.19. The van der Waals surface area contributed by atoms with Crippen molar-refractivity contribution in [2.75, 3.05) is 10.8 Å². The molecule has 7 nitrogen and oxygen atoms in total. The molecule has 1 fully saturated rings. The molecular formula is C38H42ClN3O4S. The standard InChI is InChI=1S/C38H42ClN3O4S/c1-2-29-20-24-34(25-21-29)42(47(45,46)35-16-10-5-11-17-35)28-37(43)41(27-31-18-22-32(39)23-19-31)36(26-30-12-6-3-7-13-30)38(44)40-33-14-8-4-9-15-33/h3,5-7,10-13,16-25,33,36H,2,4,8-9,14-15,26-28H2,1H3,(H,40,44)/t36-/m0/s1. The Bertz CT molecular complexity index is 1710. The van der Waals surface area contributed by atoms with E-state index in [0.717, 1.165) is 59.5 Å². The Kier molecular flexibility index (Phi) is 11.7. The maximum atomic E-state index is 14.6. The van der Waals surface area contributed by atoms with Crippen LogP contribution in [-0.2, 0) is 39.0 Å². The molecule has 9 heteroatoms. The lowest BCUT2D eigenvalue weighted by Crippen LogP contribution is -2.55. The van der Waals surface area contributed by atoms with E-state index in [2.05, 4.69) is 5.32 Å². The van der Waals surface area contributed by atoms with Crippen LogP contribution in [0.5, 0.6) is 0 Å². The van der Waals surface area contributed by atoms with Gasteiger partial charge in [0.2, 0.25) is 11.8 Å². The summed E-state index contributed by atoms with van der Waals surface area (Å²) in [6.07, 6.45) is 6.09. The Balaban J connectivity index is 1.55. The topological polar surface area (TPSA) is 86.8 Å². The smallest absolute Gasteiger partial charge is 0.264 e. The number of aryl methyl sites for hydroxylation is 1. The quantitative estimate of drug-likeness (QED) is 0.163. The van der Waals surface area contributed by atoms with Gasteiger partial charge >= 0.3 is 0 Å². The highest BCUT2D eigenvalue weighted by Crippen LogP contribution is 2.26. The van der Waals surface area contributed by atoms with Crippen molar-refractivity contribution in [3.63, 3.8) is 0 Å². The number of anilines is 1. The number of amides is 2. The summed E-state index contributed by atoms with van der Waals surface area (Å²) in [7, 11) is -4.14. The van der Waals surface area contributed by atoms with Crippen LogP contribution in [0.2, 0.25) is 5.02 Å². The summed E-state index contributed by atoms with van der Waals surface area (Å²) in [5.74, 6) is -0.730. The number of sulfonamides is 1. The SMILES string of the molecule is CCc1ccc(N(CC(=O)N(Cc2ccc(Cl)cc2)[C@@H](Cc2ccccc2)C(=O)NC2CCCCC2)S(=O)(=O)c2ccccc2)cc1. The normalized spacial score (nSPS) is 14.3. The van der Waals surface area contributed by atoms with Gasteiger partial charge in [0.25, 0.3) is 10.0 Å². The fraction of sp³-hybridized carbons (Fsp3) is 0.316. The predicted molar refractivity (Wildman–Crippen MR) is 188 cm³/mol. The molecule has 1 N–H and O–H groups in total. The molecule has 4 aromatic carbocycles. The molecule has 4 aromatic rings. The molecule has 1 atom stereocenters. The number of carbonyl (C=O) groups excluding carboxylic acids is 2. The van der Waals surface area contributed by atoms with Gasteiger partial charge in [0, 0.05) is 24.0 Å². The number of hydrogen-bond acceptors (Lipinski definition) is 4. The zero-order valence-corrected chi connectivity index (χ0v) is 28.3. The first-order valence-corrected chi connectivity index (χ1v) is 18.1. The Morgan fingerprint density at radius 3 is 2.00 bits per heavy atom. The number of rotatable bonds is 13. The second-order valence-corrected chi connectivity index (χ2v) is 14.3. The van der Waals surface area contributed by atoms with Crippen LogP contribution in [0.4, 0.5) is 5.69 Å². The third-order valence-corrected chi connectivity index (χ3v) is 10.8. The van der Waals surface area contributed by atoms with Crippen molar-refractivity contribution in [1.82, 2.24) is 10.2 Å². The van der Waals surface area contributed by atoms with Gasteiger partial charge in [-0.05, 0) is 72.4 Å². The molecule has 0 bridgehead atoms. The van der Waals surface area contributed by atoms with Crippen LogP contribution in [-0.4, -0.2) is 43.8 Å². The maximum Gasteiger partial charge on any atom is 0.264 e. The molecule has 1 aliphatic carbocycles. The number of nitrogens with zero attached hydrogens (tertiary/aromatic N) is 2. The monoisotopic (exact) mass is 671 g/mol. The van der Waals surface area contributed by atoms with Crippen molar-refractivity contribution in [2.24, 2.45) is 0 Å². The first kappa shape index (κ1) is 34.2. The minimum Gasteiger partial charge on any atom is -0.352 e. The lowest BCUT2D eigenvalue weighted by Gasteiger charge is -2.35. The van der Waals surface area contributed by atoms with Gasteiger partial charge in [0.05, 0.1) is 10.6 Å². The summed E-state index contributed by atoms with van der Waals surface area (Å²) in [5, 5.41) is 3.79. The van der Waals surface area contributed by atoms with Crippen molar-refractivity contribution >= 4 is 39.1 Å². The van der Waals surface area contributed by atoms with E-state index < -0.39 is 28.5 Å². The second kappa shape index (κ2) is 16.1. The molecule has 0 heterocycles. The highest BCUT2D eigenvalue weighted by atomic mass is 35.5. The molecule has 0 aliphatic heterocycles. The summed E-state index contributed by atoms with van der Waals surface area (Å²) in [4.78, 5) is 30.4. The van der Waals surface area contributed by atoms with Gasteiger partial charge in [-0.3, -0.25) is 13.9 Å². The number of halogens is 1. The molecule has 0 unspecified atom stereocenters. The second-order valence-electron chi connectivity index (χ2n) is 12.0. The van der Waals surface area contributed by atoms with E-state index >= 15 is 0 Å². The van der Waals surface area contributed by atoms with E-state index in [0.29, 0.717) is 10.7 Å². The van der Waals surface area contributed by atoms with Crippen molar-refractivity contribution < 1.29 is 18.0 Å². The van der Waals surface area contributed by atoms with Crippen LogP contribution in [0.3, 0.4) is 0 Å². The van der Waals surface area contributed by atoms with E-state index in [4.69, 9.17) is 11.6 Å². The van der Waals surface area contributed by atoms with Gasteiger partial charge in [-0.2, -0.15) is 0 Å². The van der Waals surface area contributed by atoms with E-state index in [1.54, 1.807) is 42.5 Å². The molecule has 0 spiro atoms. The van der Waals surface area contributed by atoms with Gasteiger partial charge in [-0.1, -0.05) is 111 Å². The number of hydrogen-bond donors (Lipinski definition) is 1. The third kappa shape index (κ3) is 9.02. The maximum absolute atomic E-state index is 14.6. The van der Waals surface area contributed by atoms with E-state index in [1.807, 2.05) is 61.5 Å². The van der Waals surface area contributed by atoms with Crippen molar-refractivity contribution in [3.8, 4) is 0 Å². The number of benzene rings is 4. The minimum absolute atomic E-state index is 0.0362. The van der Waals surface area contributed by atoms with Gasteiger partial charge in [0.15, 0.2) is 0 Å². The van der Waals surface area contributed by atoms with Crippen LogP contribution < -0.4 is 9.62 Å². The zero-order valence-electron chi connectivity index (χ0n) is 26.7. The Hall–Kier alpha value is -4.14. The van der Waals surface area contributed by atoms with E-state index in [-0.39, 0.29) is 29.8 Å². The van der Waals surface area contributed by atoms with Crippen molar-refractivity contribution in [3.05, 3.63) is 131 Å². The molecular weight excluding hydrogens is 630 g/mol. The van der Waals surface area contributed by atoms with Gasteiger partial charge in [-0.15, -0.1) is 0 Å². The highest BCUT2D eigenvalue weighted by Gasteiger charge is 2.35.